The Morgan fingerprint density at radius 2 is 1.83 bits per heavy atom. The fourth-order valence-corrected chi connectivity index (χ4v) is 2.90. The van der Waals surface area contributed by atoms with Crippen LogP contribution >= 0.6 is 11.6 Å². The van der Waals surface area contributed by atoms with Crippen molar-refractivity contribution in [2.24, 2.45) is 0 Å². The summed E-state index contributed by atoms with van der Waals surface area (Å²) >= 11 is 6.01. The number of alkyl carbamates (subject to hydrolysis) is 1. The van der Waals surface area contributed by atoms with Crippen LogP contribution in [0.5, 0.6) is 0 Å². The van der Waals surface area contributed by atoms with E-state index in [2.05, 4.69) is 10.6 Å². The maximum Gasteiger partial charge on any atom is 0.407 e. The van der Waals surface area contributed by atoms with E-state index >= 15 is 0 Å². The van der Waals surface area contributed by atoms with Gasteiger partial charge in [0.1, 0.15) is 5.60 Å². The number of nitrogens with two attached hydrogens (primary N) is 1. The Bertz CT molecular complexity index is 549. The van der Waals surface area contributed by atoms with Crippen LogP contribution < -0.4 is 16.4 Å². The van der Waals surface area contributed by atoms with Gasteiger partial charge in [0.15, 0.2) is 0 Å². The number of ether oxygens (including phenoxy) is 1. The number of rotatable bonds is 3. The predicted octanol–water partition coefficient (Wildman–Crippen LogP) is 4.17. The van der Waals surface area contributed by atoms with Crippen LogP contribution in [0.1, 0.15) is 46.5 Å². The first-order valence-electron chi connectivity index (χ1n) is 8.04. The van der Waals surface area contributed by atoms with Gasteiger partial charge in [-0.1, -0.05) is 11.6 Å². The molecular formula is C17H26ClN3O2. The van der Waals surface area contributed by atoms with Gasteiger partial charge in [0.25, 0.3) is 0 Å². The normalized spacial score (nSPS) is 21.6. The van der Waals surface area contributed by atoms with Crippen molar-refractivity contribution in [2.45, 2.75) is 64.1 Å². The van der Waals surface area contributed by atoms with Crippen LogP contribution in [0, 0.1) is 0 Å². The molecule has 23 heavy (non-hydrogen) atoms. The molecule has 1 saturated carbocycles. The van der Waals surface area contributed by atoms with Crippen LogP contribution in [-0.2, 0) is 4.74 Å². The van der Waals surface area contributed by atoms with Crippen LogP contribution in [0.3, 0.4) is 0 Å². The third kappa shape index (κ3) is 5.82. The van der Waals surface area contributed by atoms with Gasteiger partial charge in [0.05, 0.1) is 11.4 Å². The highest BCUT2D eigenvalue weighted by molar-refractivity contribution is 6.31. The number of anilines is 2. The van der Waals surface area contributed by atoms with Gasteiger partial charge >= 0.3 is 6.09 Å². The van der Waals surface area contributed by atoms with Crippen molar-refractivity contribution in [1.29, 1.82) is 0 Å². The molecule has 1 aromatic carbocycles. The highest BCUT2D eigenvalue weighted by Gasteiger charge is 2.25. The van der Waals surface area contributed by atoms with Gasteiger partial charge in [0, 0.05) is 17.1 Å². The molecular weight excluding hydrogens is 314 g/mol. The third-order valence-corrected chi connectivity index (χ3v) is 4.06. The molecule has 0 heterocycles. The zero-order chi connectivity index (χ0) is 17.0. The topological polar surface area (TPSA) is 76.4 Å². The predicted molar refractivity (Wildman–Crippen MR) is 94.9 cm³/mol. The molecule has 1 fully saturated rings. The number of carbonyl (C=O) groups is 1. The largest absolute Gasteiger partial charge is 0.444 e. The Kier molecular flexibility index (Phi) is 5.63. The maximum absolute atomic E-state index is 11.8. The van der Waals surface area contributed by atoms with Gasteiger partial charge in [-0.15, -0.1) is 0 Å². The van der Waals surface area contributed by atoms with Crippen molar-refractivity contribution in [1.82, 2.24) is 5.32 Å². The molecule has 128 valence electrons. The number of nitrogens with one attached hydrogen (secondary N) is 2. The first kappa shape index (κ1) is 17.7. The number of hydrogen-bond acceptors (Lipinski definition) is 4. The SMILES string of the molecule is CC(C)(C)OC(=O)N[C@H]1CC[C@H](Nc2cc(Cl)ccc2N)CC1. The second-order valence-electron chi connectivity index (χ2n) is 7.07. The molecule has 0 unspecified atom stereocenters. The third-order valence-electron chi connectivity index (χ3n) is 3.82. The van der Waals surface area contributed by atoms with Gasteiger partial charge in [-0.2, -0.15) is 0 Å². The highest BCUT2D eigenvalue weighted by Crippen LogP contribution is 2.27. The summed E-state index contributed by atoms with van der Waals surface area (Å²) in [6.07, 6.45) is 3.42. The molecule has 1 aliphatic rings. The van der Waals surface area contributed by atoms with Crippen molar-refractivity contribution >= 4 is 29.1 Å². The molecule has 1 amide bonds. The molecule has 0 aliphatic heterocycles. The minimum atomic E-state index is -0.465. The molecule has 0 radical (unpaired) electrons. The van der Waals surface area contributed by atoms with Crippen molar-refractivity contribution in [3.63, 3.8) is 0 Å². The minimum Gasteiger partial charge on any atom is -0.444 e. The lowest BCUT2D eigenvalue weighted by Crippen LogP contribution is -2.42. The number of amides is 1. The van der Waals surface area contributed by atoms with Crippen LogP contribution in [0.15, 0.2) is 18.2 Å². The second kappa shape index (κ2) is 7.30. The summed E-state index contributed by atoms with van der Waals surface area (Å²) in [5, 5.41) is 7.06. The molecule has 0 aromatic heterocycles. The first-order chi connectivity index (χ1) is 10.7. The van der Waals surface area contributed by atoms with E-state index in [0.717, 1.165) is 31.4 Å². The van der Waals surface area contributed by atoms with Crippen LogP contribution in [0.2, 0.25) is 5.02 Å². The van der Waals surface area contributed by atoms with Gasteiger partial charge in [-0.25, -0.2) is 4.79 Å². The van der Waals surface area contributed by atoms with E-state index in [-0.39, 0.29) is 12.1 Å². The molecule has 0 atom stereocenters. The lowest BCUT2D eigenvalue weighted by molar-refractivity contribution is 0.0492. The molecule has 5 nitrogen and oxygen atoms in total. The van der Waals surface area contributed by atoms with E-state index < -0.39 is 5.60 Å². The summed E-state index contributed by atoms with van der Waals surface area (Å²) in [7, 11) is 0. The Morgan fingerprint density at radius 3 is 2.43 bits per heavy atom. The fourth-order valence-electron chi connectivity index (χ4n) is 2.73. The number of nitrogen functional groups attached to an aromatic ring is 1. The molecule has 1 aliphatic carbocycles. The number of benzene rings is 1. The molecule has 4 N–H and O–H groups in total. The van der Waals surface area contributed by atoms with Crippen molar-refractivity contribution < 1.29 is 9.53 Å². The Morgan fingerprint density at radius 1 is 1.22 bits per heavy atom. The summed E-state index contributed by atoms with van der Waals surface area (Å²) in [5.41, 5.74) is 7.07. The van der Waals surface area contributed by atoms with Crippen molar-refractivity contribution in [3.8, 4) is 0 Å². The number of hydrogen-bond donors (Lipinski definition) is 3. The van der Waals surface area contributed by atoms with Gasteiger partial charge in [-0.3, -0.25) is 0 Å². The van der Waals surface area contributed by atoms with E-state index in [0.29, 0.717) is 16.8 Å². The summed E-state index contributed by atoms with van der Waals surface area (Å²) in [6.45, 7) is 5.59. The van der Waals surface area contributed by atoms with E-state index in [4.69, 9.17) is 22.1 Å². The lowest BCUT2D eigenvalue weighted by Gasteiger charge is -2.31. The molecule has 2 rings (SSSR count). The van der Waals surface area contributed by atoms with E-state index in [1.165, 1.54) is 0 Å². The average molecular weight is 340 g/mol. The Labute approximate surface area is 142 Å². The zero-order valence-corrected chi connectivity index (χ0v) is 14.7. The maximum atomic E-state index is 11.8. The summed E-state index contributed by atoms with van der Waals surface area (Å²) < 4.78 is 5.29. The summed E-state index contributed by atoms with van der Waals surface area (Å²) in [4.78, 5) is 11.8. The van der Waals surface area contributed by atoms with Crippen molar-refractivity contribution in [2.75, 3.05) is 11.1 Å². The van der Waals surface area contributed by atoms with Crippen LogP contribution in [-0.4, -0.2) is 23.8 Å². The van der Waals surface area contributed by atoms with Gasteiger partial charge in [-0.05, 0) is 64.7 Å². The highest BCUT2D eigenvalue weighted by atomic mass is 35.5. The molecule has 6 heteroatoms. The first-order valence-corrected chi connectivity index (χ1v) is 8.42. The summed E-state index contributed by atoms with van der Waals surface area (Å²) in [6, 6.07) is 5.94. The molecule has 0 spiro atoms. The Balaban J connectivity index is 1.80. The van der Waals surface area contributed by atoms with E-state index in [9.17, 15) is 4.79 Å². The Hall–Kier alpha value is -1.62. The average Bonchev–Trinajstić information content (AvgIpc) is 2.43. The smallest absolute Gasteiger partial charge is 0.407 e. The molecule has 0 saturated heterocycles. The van der Waals surface area contributed by atoms with E-state index in [1.807, 2.05) is 26.8 Å². The molecule has 1 aromatic rings. The minimum absolute atomic E-state index is 0.166. The quantitative estimate of drug-likeness (QED) is 0.722. The van der Waals surface area contributed by atoms with Crippen LogP contribution in [0.4, 0.5) is 16.2 Å². The zero-order valence-electron chi connectivity index (χ0n) is 14.0. The summed E-state index contributed by atoms with van der Waals surface area (Å²) in [5.74, 6) is 0. The van der Waals surface area contributed by atoms with Crippen molar-refractivity contribution in [3.05, 3.63) is 23.2 Å². The number of halogens is 1. The molecule has 0 bridgehead atoms. The fraction of sp³-hybridized carbons (Fsp3) is 0.588. The van der Waals surface area contributed by atoms with Crippen LogP contribution in [0.25, 0.3) is 0 Å². The monoisotopic (exact) mass is 339 g/mol. The standard InChI is InChI=1S/C17H26ClN3O2/c1-17(2,3)23-16(22)21-13-7-5-12(6-8-13)20-15-10-11(18)4-9-14(15)19/h4,9-10,12-13,20H,5-8,19H2,1-3H3,(H,21,22)/t12-,13-. The second-order valence-corrected chi connectivity index (χ2v) is 7.51. The van der Waals surface area contributed by atoms with E-state index in [1.54, 1.807) is 12.1 Å². The van der Waals surface area contributed by atoms with Gasteiger partial charge in [0.2, 0.25) is 0 Å². The van der Waals surface area contributed by atoms with Gasteiger partial charge < -0.3 is 21.1 Å². The lowest BCUT2D eigenvalue weighted by atomic mass is 9.91. The number of carbonyl (C=O) groups excluding carboxylic acids is 1.